The molecule has 0 radical (unpaired) electrons. The minimum Gasteiger partial charge on any atom is -0.496 e. The van der Waals surface area contributed by atoms with Gasteiger partial charge in [0, 0.05) is 6.42 Å². The molecule has 1 rings (SSSR count). The second kappa shape index (κ2) is 5.82. The number of methoxy groups -OCH3 is 1. The lowest BCUT2D eigenvalue weighted by molar-refractivity contribution is -0.127. The fourth-order valence-electron chi connectivity index (χ4n) is 1.75. The summed E-state index contributed by atoms with van der Waals surface area (Å²) in [6.07, 6.45) is -0.687. The van der Waals surface area contributed by atoms with E-state index in [1.165, 1.54) is 0 Å². The number of ether oxygens (including phenoxy) is 1. The van der Waals surface area contributed by atoms with Crippen molar-refractivity contribution < 1.29 is 14.6 Å². The molecule has 1 aromatic carbocycles. The number of carbonyl (C=O) groups excluding carboxylic acids is 1. The van der Waals surface area contributed by atoms with E-state index in [-0.39, 0.29) is 11.7 Å². The molecule has 1 N–H and O–H groups in total. The molecule has 1 unspecified atom stereocenters. The molecule has 3 nitrogen and oxygen atoms in total. The second-order valence-corrected chi connectivity index (χ2v) is 4.38. The van der Waals surface area contributed by atoms with Crippen LogP contribution in [0.3, 0.4) is 0 Å². The standard InChI is InChI=1S/C14H20O3/c1-5-12(15)14(16)10-6-7-13(17-4)11(8-10)9(2)3/h6-9,14,16H,5H2,1-4H3. The second-order valence-electron chi connectivity index (χ2n) is 4.38. The molecule has 0 saturated carbocycles. The highest BCUT2D eigenvalue weighted by molar-refractivity contribution is 5.83. The van der Waals surface area contributed by atoms with E-state index in [0.29, 0.717) is 12.0 Å². The highest BCUT2D eigenvalue weighted by atomic mass is 16.5. The molecular weight excluding hydrogens is 216 g/mol. The smallest absolute Gasteiger partial charge is 0.165 e. The van der Waals surface area contributed by atoms with Crippen LogP contribution in [0.25, 0.3) is 0 Å². The Morgan fingerprint density at radius 1 is 1.41 bits per heavy atom. The lowest BCUT2D eigenvalue weighted by Crippen LogP contribution is -2.11. The van der Waals surface area contributed by atoms with Crippen LogP contribution >= 0.6 is 0 Å². The predicted octanol–water partition coefficient (Wildman–Crippen LogP) is 2.83. The number of Topliss-reactive ketones (excluding diaryl/α,β-unsaturated/α-hetero) is 1. The van der Waals surface area contributed by atoms with E-state index in [4.69, 9.17) is 4.74 Å². The summed E-state index contributed by atoms with van der Waals surface area (Å²) >= 11 is 0. The Kier molecular flexibility index (Phi) is 4.70. The molecule has 1 atom stereocenters. The number of carbonyl (C=O) groups is 1. The molecule has 0 fully saturated rings. The largest absolute Gasteiger partial charge is 0.496 e. The van der Waals surface area contributed by atoms with Crippen LogP contribution in [0.15, 0.2) is 18.2 Å². The molecule has 0 aliphatic heterocycles. The maximum atomic E-state index is 11.5. The van der Waals surface area contributed by atoms with Gasteiger partial charge >= 0.3 is 0 Å². The Hall–Kier alpha value is -1.35. The van der Waals surface area contributed by atoms with Gasteiger partial charge in [-0.1, -0.05) is 26.8 Å². The van der Waals surface area contributed by atoms with Crippen LogP contribution < -0.4 is 4.74 Å². The lowest BCUT2D eigenvalue weighted by atomic mass is 9.96. The van der Waals surface area contributed by atoms with Crippen LogP contribution in [0, 0.1) is 0 Å². The van der Waals surface area contributed by atoms with Crippen molar-refractivity contribution in [2.45, 2.75) is 39.2 Å². The number of aliphatic hydroxyl groups excluding tert-OH is 1. The van der Waals surface area contributed by atoms with E-state index in [0.717, 1.165) is 11.3 Å². The topological polar surface area (TPSA) is 46.5 Å². The number of benzene rings is 1. The first-order chi connectivity index (χ1) is 8.01. The molecular formula is C14H20O3. The average molecular weight is 236 g/mol. The van der Waals surface area contributed by atoms with Gasteiger partial charge in [-0.15, -0.1) is 0 Å². The van der Waals surface area contributed by atoms with Gasteiger partial charge in [-0.2, -0.15) is 0 Å². The summed E-state index contributed by atoms with van der Waals surface area (Å²) in [6.45, 7) is 5.85. The van der Waals surface area contributed by atoms with Gasteiger partial charge in [-0.05, 0) is 29.2 Å². The predicted molar refractivity (Wildman–Crippen MR) is 67.3 cm³/mol. The van der Waals surface area contributed by atoms with Crippen molar-refractivity contribution in [2.24, 2.45) is 0 Å². The maximum Gasteiger partial charge on any atom is 0.165 e. The SMILES string of the molecule is CCC(=O)C(O)c1ccc(OC)c(C(C)C)c1. The molecule has 0 aliphatic carbocycles. The number of rotatable bonds is 5. The number of hydrogen-bond acceptors (Lipinski definition) is 3. The third-order valence-corrected chi connectivity index (χ3v) is 2.84. The molecule has 0 aliphatic rings. The van der Waals surface area contributed by atoms with Crippen LogP contribution in [0.1, 0.15) is 50.3 Å². The van der Waals surface area contributed by atoms with Crippen LogP contribution in [0.4, 0.5) is 0 Å². The quantitative estimate of drug-likeness (QED) is 0.855. The van der Waals surface area contributed by atoms with E-state index >= 15 is 0 Å². The van der Waals surface area contributed by atoms with Gasteiger partial charge in [0.1, 0.15) is 11.9 Å². The summed E-state index contributed by atoms with van der Waals surface area (Å²) < 4.78 is 5.26. The Balaban J connectivity index is 3.12. The zero-order valence-corrected chi connectivity index (χ0v) is 10.9. The fourth-order valence-corrected chi connectivity index (χ4v) is 1.75. The Bertz CT molecular complexity index is 396. The van der Waals surface area contributed by atoms with Gasteiger partial charge in [0.05, 0.1) is 7.11 Å². The number of aliphatic hydroxyl groups is 1. The molecule has 1 aromatic rings. The monoisotopic (exact) mass is 236 g/mol. The highest BCUT2D eigenvalue weighted by Gasteiger charge is 2.17. The molecule has 0 amide bonds. The van der Waals surface area contributed by atoms with Crippen molar-refractivity contribution in [1.82, 2.24) is 0 Å². The van der Waals surface area contributed by atoms with E-state index in [1.807, 2.05) is 6.07 Å². The van der Waals surface area contributed by atoms with Crippen molar-refractivity contribution in [2.75, 3.05) is 7.11 Å². The van der Waals surface area contributed by atoms with Crippen molar-refractivity contribution in [3.63, 3.8) is 0 Å². The average Bonchev–Trinajstić information content (AvgIpc) is 2.35. The zero-order valence-electron chi connectivity index (χ0n) is 10.9. The highest BCUT2D eigenvalue weighted by Crippen LogP contribution is 2.29. The molecule has 0 bridgehead atoms. The zero-order chi connectivity index (χ0) is 13.0. The van der Waals surface area contributed by atoms with Crippen LogP contribution in [0.5, 0.6) is 5.75 Å². The third-order valence-electron chi connectivity index (χ3n) is 2.84. The van der Waals surface area contributed by atoms with Gasteiger partial charge in [0.15, 0.2) is 5.78 Å². The van der Waals surface area contributed by atoms with Crippen molar-refractivity contribution >= 4 is 5.78 Å². The normalized spacial score (nSPS) is 12.6. The van der Waals surface area contributed by atoms with Gasteiger partial charge in [-0.25, -0.2) is 0 Å². The summed E-state index contributed by atoms with van der Waals surface area (Å²) in [5.41, 5.74) is 1.65. The molecule has 0 heterocycles. The van der Waals surface area contributed by atoms with E-state index in [9.17, 15) is 9.90 Å². The minimum atomic E-state index is -1.02. The van der Waals surface area contributed by atoms with Gasteiger partial charge in [-0.3, -0.25) is 4.79 Å². The molecule has 0 aromatic heterocycles. The van der Waals surface area contributed by atoms with Crippen molar-refractivity contribution in [3.8, 4) is 5.75 Å². The van der Waals surface area contributed by atoms with Crippen molar-refractivity contribution in [1.29, 1.82) is 0 Å². The first-order valence-electron chi connectivity index (χ1n) is 5.89. The van der Waals surface area contributed by atoms with Crippen LogP contribution in [-0.4, -0.2) is 18.0 Å². The summed E-state index contributed by atoms with van der Waals surface area (Å²) in [5, 5.41) is 9.87. The summed E-state index contributed by atoms with van der Waals surface area (Å²) in [7, 11) is 1.62. The maximum absolute atomic E-state index is 11.5. The van der Waals surface area contributed by atoms with Gasteiger partial charge in [0.25, 0.3) is 0 Å². The number of hydrogen-bond donors (Lipinski definition) is 1. The summed E-state index contributed by atoms with van der Waals surface area (Å²) in [6, 6.07) is 5.39. The molecule has 17 heavy (non-hydrogen) atoms. The fraction of sp³-hybridized carbons (Fsp3) is 0.500. The van der Waals surface area contributed by atoms with Gasteiger partial charge in [0.2, 0.25) is 0 Å². The molecule has 0 spiro atoms. The van der Waals surface area contributed by atoms with E-state index < -0.39 is 6.10 Å². The number of ketones is 1. The van der Waals surface area contributed by atoms with Crippen LogP contribution in [-0.2, 0) is 4.79 Å². The van der Waals surface area contributed by atoms with Crippen LogP contribution in [0.2, 0.25) is 0 Å². The third kappa shape index (κ3) is 3.07. The van der Waals surface area contributed by atoms with E-state index in [2.05, 4.69) is 13.8 Å². The molecule has 3 heteroatoms. The lowest BCUT2D eigenvalue weighted by Gasteiger charge is -2.15. The Labute approximate surface area is 102 Å². The Morgan fingerprint density at radius 2 is 2.06 bits per heavy atom. The minimum absolute atomic E-state index is 0.162. The first kappa shape index (κ1) is 13.7. The van der Waals surface area contributed by atoms with Gasteiger partial charge < -0.3 is 9.84 Å². The molecule has 94 valence electrons. The molecule has 0 saturated heterocycles. The summed E-state index contributed by atoms with van der Waals surface area (Å²) in [4.78, 5) is 11.5. The Morgan fingerprint density at radius 3 is 2.53 bits per heavy atom. The summed E-state index contributed by atoms with van der Waals surface area (Å²) in [5.74, 6) is 0.915. The van der Waals surface area contributed by atoms with E-state index in [1.54, 1.807) is 26.2 Å². The first-order valence-corrected chi connectivity index (χ1v) is 5.89. The van der Waals surface area contributed by atoms with Crippen molar-refractivity contribution in [3.05, 3.63) is 29.3 Å².